The van der Waals surface area contributed by atoms with Crippen LogP contribution in [0.4, 0.5) is 0 Å². The SMILES string of the molecule is CCCC#Cc1cnc2c(c1)C(=O)N([C@H](C)CO)C[C@H](C)[C@H](CN(C)C(=O)C1CCC1)O2. The maximum atomic E-state index is 13.4. The molecule has 0 spiro atoms. The fraction of sp³-hybridized carbons (Fsp3) is 0.640. The lowest BCUT2D eigenvalue weighted by molar-refractivity contribution is -0.138. The number of nitrogens with zero attached hydrogens (tertiary/aromatic N) is 3. The van der Waals surface area contributed by atoms with Crippen LogP contribution in [0.15, 0.2) is 12.3 Å². The highest BCUT2D eigenvalue weighted by Gasteiger charge is 2.36. The molecular formula is C25H35N3O4. The van der Waals surface area contributed by atoms with Gasteiger partial charge in [0.2, 0.25) is 11.8 Å². The average Bonchev–Trinajstić information content (AvgIpc) is 2.74. The van der Waals surface area contributed by atoms with Gasteiger partial charge >= 0.3 is 0 Å². The van der Waals surface area contributed by atoms with Crippen LogP contribution in [0.1, 0.15) is 68.8 Å². The number of aromatic nitrogens is 1. The summed E-state index contributed by atoms with van der Waals surface area (Å²) in [6, 6.07) is 1.38. The van der Waals surface area contributed by atoms with Gasteiger partial charge in [0, 0.05) is 43.6 Å². The van der Waals surface area contributed by atoms with E-state index in [1.54, 1.807) is 22.1 Å². The zero-order valence-corrected chi connectivity index (χ0v) is 19.6. The zero-order chi connectivity index (χ0) is 23.3. The van der Waals surface area contributed by atoms with E-state index in [2.05, 4.69) is 23.7 Å². The first-order chi connectivity index (χ1) is 15.3. The van der Waals surface area contributed by atoms with E-state index < -0.39 is 0 Å². The predicted octanol–water partition coefficient (Wildman–Crippen LogP) is 2.71. The highest BCUT2D eigenvalue weighted by molar-refractivity contribution is 5.97. The standard InChI is InChI=1S/C25H35N3O4/c1-5-6-7-9-19-12-21-23(26-13-19)32-22(15-27(4)24(30)20-10-8-11-20)17(2)14-28(25(21)31)18(3)16-29/h12-13,17-18,20,22,29H,5-6,8,10-11,14-16H2,1-4H3/t17-,18+,22-/m0/s1. The number of rotatable bonds is 6. The van der Waals surface area contributed by atoms with Crippen molar-refractivity contribution in [3.8, 4) is 17.7 Å². The normalized spacial score (nSPS) is 21.8. The van der Waals surface area contributed by atoms with Gasteiger partial charge in [-0.15, -0.1) is 0 Å². The molecule has 1 saturated carbocycles. The maximum Gasteiger partial charge on any atom is 0.259 e. The lowest BCUT2D eigenvalue weighted by Crippen LogP contribution is -2.51. The van der Waals surface area contributed by atoms with Gasteiger partial charge in [0.15, 0.2) is 0 Å². The molecule has 2 heterocycles. The molecule has 1 N–H and O–H groups in total. The summed E-state index contributed by atoms with van der Waals surface area (Å²) in [5.74, 6) is 6.39. The number of ether oxygens (including phenoxy) is 1. The van der Waals surface area contributed by atoms with E-state index in [9.17, 15) is 14.7 Å². The molecule has 2 amide bonds. The van der Waals surface area contributed by atoms with E-state index in [1.165, 1.54) is 0 Å². The molecule has 3 atom stereocenters. The number of aliphatic hydroxyl groups excluding tert-OH is 1. The number of fused-ring (bicyclic) bond motifs is 1. The molecule has 174 valence electrons. The van der Waals surface area contributed by atoms with Gasteiger partial charge < -0.3 is 19.6 Å². The highest BCUT2D eigenvalue weighted by atomic mass is 16.5. The minimum atomic E-state index is -0.347. The summed E-state index contributed by atoms with van der Waals surface area (Å²) in [6.07, 6.45) is 6.05. The maximum absolute atomic E-state index is 13.4. The Morgan fingerprint density at radius 2 is 2.19 bits per heavy atom. The van der Waals surface area contributed by atoms with Gasteiger partial charge in [-0.2, -0.15) is 0 Å². The quantitative estimate of drug-likeness (QED) is 0.687. The summed E-state index contributed by atoms with van der Waals surface area (Å²) in [5.41, 5.74) is 1.01. The van der Waals surface area contributed by atoms with Gasteiger partial charge in [-0.05, 0) is 32.3 Å². The number of unbranched alkanes of at least 4 members (excludes halogenated alkanes) is 1. The molecule has 0 saturated heterocycles. The molecule has 0 radical (unpaired) electrons. The van der Waals surface area contributed by atoms with E-state index in [1.807, 2.05) is 20.9 Å². The first kappa shape index (κ1) is 24.1. The topological polar surface area (TPSA) is 83.0 Å². The lowest BCUT2D eigenvalue weighted by Gasteiger charge is -2.38. The molecule has 1 aliphatic heterocycles. The number of pyridine rings is 1. The Labute approximate surface area is 191 Å². The van der Waals surface area contributed by atoms with E-state index in [0.29, 0.717) is 24.2 Å². The molecule has 0 unspecified atom stereocenters. The fourth-order valence-corrected chi connectivity index (χ4v) is 4.00. The van der Waals surface area contributed by atoms with Crippen molar-refractivity contribution in [1.29, 1.82) is 0 Å². The third-order valence-corrected chi connectivity index (χ3v) is 6.41. The minimum Gasteiger partial charge on any atom is -0.472 e. The third kappa shape index (κ3) is 5.42. The van der Waals surface area contributed by atoms with Gasteiger partial charge in [-0.1, -0.05) is 32.1 Å². The number of likely N-dealkylation sites (N-methyl/N-ethyl adjacent to an activating group) is 1. The molecule has 1 aromatic rings. The number of amides is 2. The second-order valence-corrected chi connectivity index (χ2v) is 9.10. The van der Waals surface area contributed by atoms with Crippen molar-refractivity contribution in [3.63, 3.8) is 0 Å². The van der Waals surface area contributed by atoms with Crippen molar-refractivity contribution in [1.82, 2.24) is 14.8 Å². The van der Waals surface area contributed by atoms with Crippen molar-refractivity contribution in [2.75, 3.05) is 26.7 Å². The second kappa shape index (κ2) is 10.8. The molecule has 1 aliphatic carbocycles. The molecule has 3 rings (SSSR count). The number of aliphatic hydroxyl groups is 1. The molecule has 0 aromatic carbocycles. The molecule has 1 aromatic heterocycles. The van der Waals surface area contributed by atoms with Gasteiger partial charge in [0.1, 0.15) is 11.7 Å². The molecule has 7 heteroatoms. The highest BCUT2D eigenvalue weighted by Crippen LogP contribution is 2.30. The van der Waals surface area contributed by atoms with Crippen LogP contribution in [-0.2, 0) is 4.79 Å². The summed E-state index contributed by atoms with van der Waals surface area (Å²) in [5, 5.41) is 9.76. The summed E-state index contributed by atoms with van der Waals surface area (Å²) < 4.78 is 6.25. The molecule has 2 aliphatic rings. The molecule has 0 bridgehead atoms. The van der Waals surface area contributed by atoms with Crippen molar-refractivity contribution in [2.24, 2.45) is 11.8 Å². The van der Waals surface area contributed by atoms with E-state index in [4.69, 9.17) is 4.74 Å². The predicted molar refractivity (Wildman–Crippen MR) is 122 cm³/mol. The summed E-state index contributed by atoms with van der Waals surface area (Å²) >= 11 is 0. The van der Waals surface area contributed by atoms with Crippen molar-refractivity contribution < 1.29 is 19.4 Å². The number of carbonyl (C=O) groups excluding carboxylic acids is 2. The van der Waals surface area contributed by atoms with Crippen LogP contribution in [0.2, 0.25) is 0 Å². The van der Waals surface area contributed by atoms with Crippen molar-refractivity contribution in [3.05, 3.63) is 23.4 Å². The van der Waals surface area contributed by atoms with Gasteiger partial charge in [0.25, 0.3) is 5.91 Å². The fourth-order valence-electron chi connectivity index (χ4n) is 4.00. The smallest absolute Gasteiger partial charge is 0.259 e. The van der Waals surface area contributed by atoms with Crippen LogP contribution in [-0.4, -0.2) is 70.6 Å². The Morgan fingerprint density at radius 3 is 2.81 bits per heavy atom. The number of hydrogen-bond acceptors (Lipinski definition) is 5. The van der Waals surface area contributed by atoms with E-state index >= 15 is 0 Å². The van der Waals surface area contributed by atoms with Crippen LogP contribution in [0.5, 0.6) is 5.88 Å². The second-order valence-electron chi connectivity index (χ2n) is 9.10. The molecule has 1 fully saturated rings. The van der Waals surface area contributed by atoms with Crippen LogP contribution in [0, 0.1) is 23.7 Å². The molecule has 32 heavy (non-hydrogen) atoms. The lowest BCUT2D eigenvalue weighted by atomic mass is 9.84. The van der Waals surface area contributed by atoms with E-state index in [-0.39, 0.29) is 48.3 Å². The van der Waals surface area contributed by atoms with Gasteiger partial charge in [-0.3, -0.25) is 9.59 Å². The van der Waals surface area contributed by atoms with Crippen molar-refractivity contribution >= 4 is 11.8 Å². The molecular weight excluding hydrogens is 406 g/mol. The van der Waals surface area contributed by atoms with Crippen LogP contribution in [0.25, 0.3) is 0 Å². The monoisotopic (exact) mass is 441 g/mol. The summed E-state index contributed by atoms with van der Waals surface area (Å²) in [4.78, 5) is 33.9. The van der Waals surface area contributed by atoms with Crippen LogP contribution < -0.4 is 4.74 Å². The number of carbonyl (C=O) groups is 2. The number of hydrogen-bond donors (Lipinski definition) is 1. The first-order valence-electron chi connectivity index (χ1n) is 11.7. The van der Waals surface area contributed by atoms with Gasteiger partial charge in [-0.25, -0.2) is 4.98 Å². The summed E-state index contributed by atoms with van der Waals surface area (Å²) in [6.45, 7) is 6.60. The largest absolute Gasteiger partial charge is 0.472 e. The zero-order valence-electron chi connectivity index (χ0n) is 19.6. The Kier molecular flexibility index (Phi) is 8.14. The Bertz CT molecular complexity index is 887. The van der Waals surface area contributed by atoms with Gasteiger partial charge in [0.05, 0.1) is 19.2 Å². The third-order valence-electron chi connectivity index (χ3n) is 6.41. The Morgan fingerprint density at radius 1 is 1.44 bits per heavy atom. The Balaban J connectivity index is 1.91. The first-order valence-corrected chi connectivity index (χ1v) is 11.7. The Hall–Kier alpha value is -2.59. The molecule has 7 nitrogen and oxygen atoms in total. The van der Waals surface area contributed by atoms with Crippen molar-refractivity contribution in [2.45, 2.75) is 65.0 Å². The average molecular weight is 442 g/mol. The van der Waals surface area contributed by atoms with Crippen LogP contribution >= 0.6 is 0 Å². The minimum absolute atomic E-state index is 0.0523. The van der Waals surface area contributed by atoms with Crippen LogP contribution in [0.3, 0.4) is 0 Å². The summed E-state index contributed by atoms with van der Waals surface area (Å²) in [7, 11) is 1.82. The van der Waals surface area contributed by atoms with E-state index in [0.717, 1.165) is 32.1 Å².